The molecule has 0 rings (SSSR count). The first-order valence-corrected chi connectivity index (χ1v) is 3.84. The van der Waals surface area contributed by atoms with Crippen molar-refractivity contribution in [2.75, 3.05) is 6.54 Å². The Hall–Kier alpha value is -1.04. The van der Waals surface area contributed by atoms with Crippen LogP contribution in [0.1, 0.15) is 26.7 Å². The van der Waals surface area contributed by atoms with Crippen molar-refractivity contribution in [3.05, 3.63) is 0 Å². The maximum Gasteiger partial charge on any atom is 0.322 e. The van der Waals surface area contributed by atoms with Crippen molar-refractivity contribution >= 4 is 5.91 Å². The van der Waals surface area contributed by atoms with E-state index >= 15 is 0 Å². The molecule has 11 heavy (non-hydrogen) atoms. The molecule has 0 spiro atoms. The zero-order valence-corrected chi connectivity index (χ0v) is 7.05. The molecule has 0 aromatic heterocycles. The summed E-state index contributed by atoms with van der Waals surface area (Å²) in [6.45, 7) is 4.88. The molecular weight excluding hydrogens is 140 g/mol. The number of carbonyl (C=O) groups is 1. The van der Waals surface area contributed by atoms with Gasteiger partial charge in [0.15, 0.2) is 6.07 Å². The van der Waals surface area contributed by atoms with E-state index in [0.29, 0.717) is 12.5 Å². The number of amides is 1. The standard InChI is InChI=1S/C8H14N2O/c1-7(2)4-3-5-10-8(11)6-9/h7H,3-5H2,1-2H3,(H,10,11). The summed E-state index contributed by atoms with van der Waals surface area (Å²) >= 11 is 0. The van der Waals surface area contributed by atoms with Crippen LogP contribution in [0.5, 0.6) is 0 Å². The van der Waals surface area contributed by atoms with Crippen LogP contribution in [-0.2, 0) is 4.79 Å². The molecule has 0 heterocycles. The van der Waals surface area contributed by atoms with Gasteiger partial charge >= 0.3 is 5.91 Å². The fraction of sp³-hybridized carbons (Fsp3) is 0.750. The molecule has 62 valence electrons. The Bertz CT molecular complexity index is 158. The van der Waals surface area contributed by atoms with Crippen molar-refractivity contribution in [3.63, 3.8) is 0 Å². The van der Waals surface area contributed by atoms with Gasteiger partial charge in [-0.2, -0.15) is 5.26 Å². The highest BCUT2D eigenvalue weighted by atomic mass is 16.1. The zero-order chi connectivity index (χ0) is 8.69. The zero-order valence-electron chi connectivity index (χ0n) is 7.05. The molecule has 0 unspecified atom stereocenters. The molecule has 0 fully saturated rings. The smallest absolute Gasteiger partial charge is 0.322 e. The van der Waals surface area contributed by atoms with Gasteiger partial charge in [-0.3, -0.25) is 4.79 Å². The number of nitrogens with one attached hydrogen (secondary N) is 1. The van der Waals surface area contributed by atoms with E-state index < -0.39 is 5.91 Å². The molecule has 1 amide bonds. The fourth-order valence-corrected chi connectivity index (χ4v) is 0.752. The average molecular weight is 154 g/mol. The number of rotatable bonds is 4. The molecule has 0 aromatic rings. The first kappa shape index (κ1) is 9.96. The van der Waals surface area contributed by atoms with Crippen molar-refractivity contribution in [2.45, 2.75) is 26.7 Å². The Kier molecular flexibility index (Phi) is 5.18. The topological polar surface area (TPSA) is 52.9 Å². The van der Waals surface area contributed by atoms with Crippen molar-refractivity contribution in [1.82, 2.24) is 5.32 Å². The van der Waals surface area contributed by atoms with Gasteiger partial charge < -0.3 is 5.32 Å². The summed E-state index contributed by atoms with van der Waals surface area (Å²) in [5, 5.41) is 10.6. The molecule has 0 atom stereocenters. The van der Waals surface area contributed by atoms with Crippen molar-refractivity contribution in [2.24, 2.45) is 5.92 Å². The van der Waals surface area contributed by atoms with Crippen LogP contribution in [0.2, 0.25) is 0 Å². The van der Waals surface area contributed by atoms with E-state index in [0.717, 1.165) is 12.8 Å². The quantitative estimate of drug-likeness (QED) is 0.486. The third-order valence-electron chi connectivity index (χ3n) is 1.35. The van der Waals surface area contributed by atoms with Gasteiger partial charge in [-0.1, -0.05) is 13.8 Å². The number of nitrogens with zero attached hydrogens (tertiary/aromatic N) is 1. The second kappa shape index (κ2) is 5.72. The van der Waals surface area contributed by atoms with Crippen LogP contribution >= 0.6 is 0 Å². The van der Waals surface area contributed by atoms with Gasteiger partial charge in [0, 0.05) is 6.54 Å². The lowest BCUT2D eigenvalue weighted by atomic mass is 10.1. The van der Waals surface area contributed by atoms with Crippen LogP contribution in [-0.4, -0.2) is 12.5 Å². The highest BCUT2D eigenvalue weighted by Gasteiger charge is 1.96. The molecule has 0 aliphatic heterocycles. The van der Waals surface area contributed by atoms with Gasteiger partial charge in [0.25, 0.3) is 0 Å². The molecule has 0 aromatic carbocycles. The Morgan fingerprint density at radius 1 is 1.64 bits per heavy atom. The lowest BCUT2D eigenvalue weighted by molar-refractivity contribution is -0.115. The van der Waals surface area contributed by atoms with E-state index in [1.54, 1.807) is 0 Å². The van der Waals surface area contributed by atoms with Gasteiger partial charge in [0.05, 0.1) is 0 Å². The van der Waals surface area contributed by atoms with E-state index in [1.165, 1.54) is 6.07 Å². The second-order valence-corrected chi connectivity index (χ2v) is 2.90. The van der Waals surface area contributed by atoms with E-state index in [2.05, 4.69) is 19.2 Å². The Balaban J connectivity index is 3.16. The summed E-state index contributed by atoms with van der Waals surface area (Å²) < 4.78 is 0. The van der Waals surface area contributed by atoms with E-state index in [-0.39, 0.29) is 0 Å². The summed E-state index contributed by atoms with van der Waals surface area (Å²) in [6.07, 6.45) is 2.04. The minimum absolute atomic E-state index is 0.534. The third kappa shape index (κ3) is 6.85. The van der Waals surface area contributed by atoms with Crippen molar-refractivity contribution < 1.29 is 4.79 Å². The maximum absolute atomic E-state index is 10.4. The summed E-state index contributed by atoms with van der Waals surface area (Å²) in [7, 11) is 0. The molecule has 3 nitrogen and oxygen atoms in total. The molecular formula is C8H14N2O. The number of hydrogen-bond acceptors (Lipinski definition) is 2. The first-order valence-electron chi connectivity index (χ1n) is 3.84. The normalized spacial score (nSPS) is 9.27. The Labute approximate surface area is 67.4 Å². The van der Waals surface area contributed by atoms with Crippen LogP contribution in [0, 0.1) is 17.2 Å². The molecule has 0 aliphatic carbocycles. The van der Waals surface area contributed by atoms with Gasteiger partial charge in [-0.15, -0.1) is 0 Å². The Morgan fingerprint density at radius 3 is 2.73 bits per heavy atom. The van der Waals surface area contributed by atoms with E-state index in [4.69, 9.17) is 5.26 Å². The first-order chi connectivity index (χ1) is 5.16. The lowest BCUT2D eigenvalue weighted by Crippen LogP contribution is -2.22. The number of carbonyl (C=O) groups excluding carboxylic acids is 1. The maximum atomic E-state index is 10.4. The molecule has 0 saturated heterocycles. The summed E-state index contributed by atoms with van der Waals surface area (Å²) in [5.74, 6) is 0.128. The van der Waals surface area contributed by atoms with Crippen LogP contribution < -0.4 is 5.32 Å². The predicted octanol–water partition coefficient (Wildman–Crippen LogP) is 1.06. The van der Waals surface area contributed by atoms with E-state index in [1.807, 2.05) is 0 Å². The minimum Gasteiger partial charge on any atom is -0.344 e. The summed E-state index contributed by atoms with van der Waals surface area (Å²) in [6, 6.07) is 1.50. The van der Waals surface area contributed by atoms with Gasteiger partial charge in [0.2, 0.25) is 0 Å². The van der Waals surface area contributed by atoms with E-state index in [9.17, 15) is 4.79 Å². The number of nitriles is 1. The fourth-order valence-electron chi connectivity index (χ4n) is 0.752. The third-order valence-corrected chi connectivity index (χ3v) is 1.35. The summed E-state index contributed by atoms with van der Waals surface area (Å²) in [5.41, 5.74) is 0. The molecule has 0 bridgehead atoms. The van der Waals surface area contributed by atoms with Crippen LogP contribution in [0.25, 0.3) is 0 Å². The van der Waals surface area contributed by atoms with Crippen LogP contribution in [0.15, 0.2) is 0 Å². The number of hydrogen-bond donors (Lipinski definition) is 1. The summed E-state index contributed by atoms with van der Waals surface area (Å²) in [4.78, 5) is 10.4. The minimum atomic E-state index is -0.534. The van der Waals surface area contributed by atoms with Crippen LogP contribution in [0.4, 0.5) is 0 Å². The average Bonchev–Trinajstić information content (AvgIpc) is 1.97. The molecule has 0 radical (unpaired) electrons. The molecule has 3 heteroatoms. The highest BCUT2D eigenvalue weighted by molar-refractivity contribution is 5.91. The van der Waals surface area contributed by atoms with Gasteiger partial charge in [-0.05, 0) is 18.8 Å². The second-order valence-electron chi connectivity index (χ2n) is 2.90. The monoisotopic (exact) mass is 154 g/mol. The highest BCUT2D eigenvalue weighted by Crippen LogP contribution is 2.01. The lowest BCUT2D eigenvalue weighted by Gasteiger charge is -2.02. The van der Waals surface area contributed by atoms with Crippen molar-refractivity contribution in [3.8, 4) is 6.07 Å². The molecule has 0 saturated carbocycles. The van der Waals surface area contributed by atoms with Crippen LogP contribution in [0.3, 0.4) is 0 Å². The SMILES string of the molecule is CC(C)CCCNC(=O)C#N. The Morgan fingerprint density at radius 2 is 2.27 bits per heavy atom. The van der Waals surface area contributed by atoms with Gasteiger partial charge in [-0.25, -0.2) is 0 Å². The largest absolute Gasteiger partial charge is 0.344 e. The molecule has 1 N–H and O–H groups in total. The predicted molar refractivity (Wildman–Crippen MR) is 42.7 cm³/mol. The molecule has 0 aliphatic rings. The van der Waals surface area contributed by atoms with Gasteiger partial charge in [0.1, 0.15) is 0 Å². The van der Waals surface area contributed by atoms with Crippen molar-refractivity contribution in [1.29, 1.82) is 5.26 Å².